The maximum atomic E-state index is 11.4. The number of ether oxygens (including phenoxy) is 2. The Hall–Kier alpha value is -3.15. The summed E-state index contributed by atoms with van der Waals surface area (Å²) in [6.45, 7) is 0.392. The summed E-state index contributed by atoms with van der Waals surface area (Å²) >= 11 is 0. The van der Waals surface area contributed by atoms with Crippen molar-refractivity contribution < 1.29 is 19.4 Å². The number of benzene rings is 3. The van der Waals surface area contributed by atoms with Crippen molar-refractivity contribution in [1.82, 2.24) is 5.32 Å². The van der Waals surface area contributed by atoms with E-state index in [1.54, 1.807) is 7.11 Å². The summed E-state index contributed by atoms with van der Waals surface area (Å²) in [5.74, 6) is -0.00434. The zero-order chi connectivity index (χ0) is 23.1. The number of hydrogen-bond donors (Lipinski definition) is 2. The number of amides is 1. The smallest absolute Gasteiger partial charge is 0.404 e. The van der Waals surface area contributed by atoms with Gasteiger partial charge in [0.05, 0.1) is 12.7 Å². The molecule has 5 nitrogen and oxygen atoms in total. The minimum atomic E-state index is -0.999. The fourth-order valence-electron chi connectivity index (χ4n) is 4.97. The predicted octanol–water partition coefficient (Wildman–Crippen LogP) is 5.45. The lowest BCUT2D eigenvalue weighted by Crippen LogP contribution is -2.47. The fraction of sp³-hybridized carbons (Fsp3) is 0.321. The highest BCUT2D eigenvalue weighted by molar-refractivity contribution is 5.64. The van der Waals surface area contributed by atoms with E-state index in [1.165, 1.54) is 0 Å². The highest BCUT2D eigenvalue weighted by Crippen LogP contribution is 2.41. The van der Waals surface area contributed by atoms with Gasteiger partial charge in [-0.25, -0.2) is 4.79 Å². The molecular formula is C28H31NO4. The molecule has 1 saturated carbocycles. The molecule has 0 aliphatic heterocycles. The SMILES string of the molecule is CO[C@@H]1CC[C@H](NC(=O)O)[C@H](COC(c2ccccc2)(c2ccccc2)c2ccccc2)C1. The number of hydrogen-bond acceptors (Lipinski definition) is 3. The normalized spacial score (nSPS) is 20.8. The topological polar surface area (TPSA) is 67.8 Å². The monoisotopic (exact) mass is 445 g/mol. The van der Waals surface area contributed by atoms with E-state index >= 15 is 0 Å². The van der Waals surface area contributed by atoms with Crippen molar-refractivity contribution in [1.29, 1.82) is 0 Å². The van der Waals surface area contributed by atoms with E-state index in [-0.39, 0.29) is 18.1 Å². The molecule has 1 aliphatic rings. The Balaban J connectivity index is 1.76. The summed E-state index contributed by atoms with van der Waals surface area (Å²) in [7, 11) is 1.72. The van der Waals surface area contributed by atoms with Gasteiger partial charge in [0.2, 0.25) is 0 Å². The number of methoxy groups -OCH3 is 1. The molecule has 1 amide bonds. The molecule has 0 heterocycles. The molecule has 4 rings (SSSR count). The minimum absolute atomic E-state index is 0.00434. The largest absolute Gasteiger partial charge is 0.465 e. The van der Waals surface area contributed by atoms with Crippen molar-refractivity contribution in [2.24, 2.45) is 5.92 Å². The predicted molar refractivity (Wildman–Crippen MR) is 128 cm³/mol. The molecule has 3 aromatic rings. The summed E-state index contributed by atoms with van der Waals surface area (Å²) in [6, 6.07) is 30.5. The third kappa shape index (κ3) is 5.10. The summed E-state index contributed by atoms with van der Waals surface area (Å²) in [6.07, 6.45) is 1.41. The second-order valence-corrected chi connectivity index (χ2v) is 8.58. The Morgan fingerprint density at radius 1 is 0.879 bits per heavy atom. The molecule has 172 valence electrons. The second-order valence-electron chi connectivity index (χ2n) is 8.58. The molecule has 0 spiro atoms. The van der Waals surface area contributed by atoms with Gasteiger partial charge in [-0.1, -0.05) is 91.0 Å². The van der Waals surface area contributed by atoms with Crippen LogP contribution in [0.2, 0.25) is 0 Å². The van der Waals surface area contributed by atoms with E-state index in [4.69, 9.17) is 9.47 Å². The Bertz CT molecular complexity index is 913. The standard InChI is InChI=1S/C28H31NO4/c1-32-25-17-18-26(29-27(30)31)21(19-25)20-33-28(22-11-5-2-6-12-22,23-13-7-3-8-14-23)24-15-9-4-10-16-24/h2-16,21,25-26,29H,17-20H2,1H3,(H,30,31)/t21-,25+,26-/m0/s1. The summed E-state index contributed by atoms with van der Waals surface area (Å²) < 4.78 is 12.6. The van der Waals surface area contributed by atoms with Crippen LogP contribution in [0.1, 0.15) is 36.0 Å². The van der Waals surface area contributed by atoms with Crippen molar-refractivity contribution >= 4 is 6.09 Å². The Labute approximate surface area is 195 Å². The quantitative estimate of drug-likeness (QED) is 0.453. The second kappa shape index (κ2) is 10.6. The van der Waals surface area contributed by atoms with Crippen molar-refractivity contribution in [2.75, 3.05) is 13.7 Å². The molecule has 0 unspecified atom stereocenters. The molecule has 0 radical (unpaired) electrons. The van der Waals surface area contributed by atoms with Crippen LogP contribution in [0, 0.1) is 5.92 Å². The van der Waals surface area contributed by atoms with E-state index < -0.39 is 11.7 Å². The van der Waals surface area contributed by atoms with Gasteiger partial charge < -0.3 is 19.9 Å². The van der Waals surface area contributed by atoms with Gasteiger partial charge in [0.15, 0.2) is 0 Å². The molecule has 3 atom stereocenters. The van der Waals surface area contributed by atoms with Gasteiger partial charge in [-0.2, -0.15) is 0 Å². The van der Waals surface area contributed by atoms with Crippen LogP contribution in [0.25, 0.3) is 0 Å². The van der Waals surface area contributed by atoms with Crippen LogP contribution in [-0.2, 0) is 15.1 Å². The van der Waals surface area contributed by atoms with E-state index in [9.17, 15) is 9.90 Å². The maximum Gasteiger partial charge on any atom is 0.404 e. The van der Waals surface area contributed by atoms with Crippen molar-refractivity contribution in [3.8, 4) is 0 Å². The minimum Gasteiger partial charge on any atom is -0.465 e. The number of carbonyl (C=O) groups is 1. The molecule has 1 aliphatic carbocycles. The van der Waals surface area contributed by atoms with Gasteiger partial charge in [-0.3, -0.25) is 0 Å². The Kier molecular flexibility index (Phi) is 7.43. The molecule has 3 aromatic carbocycles. The van der Waals surface area contributed by atoms with Gasteiger partial charge >= 0.3 is 6.09 Å². The van der Waals surface area contributed by atoms with E-state index in [2.05, 4.69) is 41.7 Å². The molecule has 5 heteroatoms. The number of carboxylic acid groups (broad SMARTS) is 1. The van der Waals surface area contributed by atoms with E-state index in [1.807, 2.05) is 54.6 Å². The van der Waals surface area contributed by atoms with E-state index in [0.29, 0.717) is 6.61 Å². The van der Waals surface area contributed by atoms with Crippen LogP contribution in [0.4, 0.5) is 4.79 Å². The number of rotatable bonds is 8. The van der Waals surface area contributed by atoms with Crippen LogP contribution in [0.3, 0.4) is 0 Å². The molecule has 0 aromatic heterocycles. The van der Waals surface area contributed by atoms with Crippen LogP contribution >= 0.6 is 0 Å². The third-order valence-corrected chi connectivity index (χ3v) is 6.63. The lowest BCUT2D eigenvalue weighted by atomic mass is 9.79. The summed E-state index contributed by atoms with van der Waals surface area (Å²) in [4.78, 5) is 11.4. The first-order valence-electron chi connectivity index (χ1n) is 11.5. The zero-order valence-electron chi connectivity index (χ0n) is 18.9. The van der Waals surface area contributed by atoms with Crippen LogP contribution < -0.4 is 5.32 Å². The highest BCUT2D eigenvalue weighted by atomic mass is 16.5. The third-order valence-electron chi connectivity index (χ3n) is 6.63. The molecule has 2 N–H and O–H groups in total. The summed E-state index contributed by atoms with van der Waals surface area (Å²) in [5, 5.41) is 12.1. The van der Waals surface area contributed by atoms with E-state index in [0.717, 1.165) is 36.0 Å². The molecule has 33 heavy (non-hydrogen) atoms. The van der Waals surface area contributed by atoms with Crippen molar-refractivity contribution in [3.63, 3.8) is 0 Å². The maximum absolute atomic E-state index is 11.4. The first-order valence-corrected chi connectivity index (χ1v) is 11.5. The van der Waals surface area contributed by atoms with Crippen molar-refractivity contribution in [2.45, 2.75) is 37.0 Å². The number of nitrogens with one attached hydrogen (secondary N) is 1. The highest BCUT2D eigenvalue weighted by Gasteiger charge is 2.40. The molecule has 0 bridgehead atoms. The van der Waals surface area contributed by atoms with Crippen LogP contribution in [0.5, 0.6) is 0 Å². The van der Waals surface area contributed by atoms with Gasteiger partial charge in [0.1, 0.15) is 5.60 Å². The van der Waals surface area contributed by atoms with Crippen molar-refractivity contribution in [3.05, 3.63) is 108 Å². The Morgan fingerprint density at radius 3 is 1.79 bits per heavy atom. The van der Waals surface area contributed by atoms with Gasteiger partial charge in [0.25, 0.3) is 0 Å². The van der Waals surface area contributed by atoms with Crippen LogP contribution in [-0.4, -0.2) is 37.1 Å². The van der Waals surface area contributed by atoms with Gasteiger partial charge in [0, 0.05) is 19.1 Å². The van der Waals surface area contributed by atoms with Crippen LogP contribution in [0.15, 0.2) is 91.0 Å². The lowest BCUT2D eigenvalue weighted by molar-refractivity contribution is -0.0427. The lowest BCUT2D eigenvalue weighted by Gasteiger charge is -2.40. The average molecular weight is 446 g/mol. The average Bonchev–Trinajstić information content (AvgIpc) is 2.87. The fourth-order valence-corrected chi connectivity index (χ4v) is 4.97. The van der Waals surface area contributed by atoms with Gasteiger partial charge in [-0.15, -0.1) is 0 Å². The Morgan fingerprint density at radius 2 is 1.36 bits per heavy atom. The zero-order valence-corrected chi connectivity index (χ0v) is 18.9. The first kappa shape index (κ1) is 23.0. The molecular weight excluding hydrogens is 414 g/mol. The first-order chi connectivity index (χ1) is 16.1. The molecule has 1 fully saturated rings. The molecule has 0 saturated heterocycles. The van der Waals surface area contributed by atoms with Gasteiger partial charge in [-0.05, 0) is 36.0 Å². The summed E-state index contributed by atoms with van der Waals surface area (Å²) in [5.41, 5.74) is 2.27.